The SMILES string of the molecule is CN=C(NCCCOCC1CC1)NCCS(=O)(=O)N1CCSCC1.I. The summed E-state index contributed by atoms with van der Waals surface area (Å²) in [6, 6.07) is 0. The summed E-state index contributed by atoms with van der Waals surface area (Å²) in [5.74, 6) is 3.31. The monoisotopic (exact) mass is 506 g/mol. The standard InChI is InChI=1S/C15H30N4O3S2.HI/c1-16-15(17-5-2-9-22-13-14-3-4-14)18-6-12-24(20,21)19-7-10-23-11-8-19;/h14H,2-13H2,1H3,(H2,16,17,18);1H. The number of halogens is 1. The van der Waals surface area contributed by atoms with Crippen molar-refractivity contribution in [3.05, 3.63) is 0 Å². The molecule has 0 unspecified atom stereocenters. The van der Waals surface area contributed by atoms with E-state index in [-0.39, 0.29) is 29.7 Å². The number of nitrogens with zero attached hydrogens (tertiary/aromatic N) is 2. The highest BCUT2D eigenvalue weighted by Crippen LogP contribution is 2.28. The van der Waals surface area contributed by atoms with Crippen molar-refractivity contribution >= 4 is 51.7 Å². The Labute approximate surface area is 173 Å². The molecule has 0 aromatic heterocycles. The van der Waals surface area contributed by atoms with Crippen molar-refractivity contribution in [3.63, 3.8) is 0 Å². The Bertz CT molecular complexity index is 495. The second-order valence-corrected chi connectivity index (χ2v) is 9.44. The highest BCUT2D eigenvalue weighted by Gasteiger charge is 2.23. The van der Waals surface area contributed by atoms with Gasteiger partial charge in [0.15, 0.2) is 5.96 Å². The number of thioether (sulfide) groups is 1. The van der Waals surface area contributed by atoms with Crippen molar-refractivity contribution < 1.29 is 13.2 Å². The fourth-order valence-corrected chi connectivity index (χ4v) is 4.88. The molecule has 148 valence electrons. The molecule has 1 heterocycles. The summed E-state index contributed by atoms with van der Waals surface area (Å²) in [6.07, 6.45) is 3.54. The number of sulfonamides is 1. The normalized spacial score (nSPS) is 19.3. The first-order valence-electron chi connectivity index (χ1n) is 8.69. The lowest BCUT2D eigenvalue weighted by molar-refractivity contribution is 0.123. The van der Waals surface area contributed by atoms with E-state index in [1.807, 2.05) is 0 Å². The Morgan fingerprint density at radius 2 is 1.92 bits per heavy atom. The van der Waals surface area contributed by atoms with Crippen LogP contribution in [0.25, 0.3) is 0 Å². The molecule has 0 spiro atoms. The lowest BCUT2D eigenvalue weighted by Gasteiger charge is -2.25. The Morgan fingerprint density at radius 3 is 2.56 bits per heavy atom. The molecule has 2 aliphatic rings. The number of ether oxygens (including phenoxy) is 1. The van der Waals surface area contributed by atoms with Gasteiger partial charge in [-0.05, 0) is 25.2 Å². The quantitative estimate of drug-likeness (QED) is 0.199. The van der Waals surface area contributed by atoms with Crippen LogP contribution < -0.4 is 10.6 Å². The second kappa shape index (κ2) is 12.6. The van der Waals surface area contributed by atoms with E-state index in [1.54, 1.807) is 23.1 Å². The molecule has 25 heavy (non-hydrogen) atoms. The van der Waals surface area contributed by atoms with E-state index in [0.29, 0.717) is 25.6 Å². The van der Waals surface area contributed by atoms with Crippen LogP contribution in [-0.2, 0) is 14.8 Å². The van der Waals surface area contributed by atoms with Gasteiger partial charge in [-0.2, -0.15) is 11.8 Å². The number of hydrogen-bond acceptors (Lipinski definition) is 5. The summed E-state index contributed by atoms with van der Waals surface area (Å²) in [7, 11) is -1.48. The first-order valence-corrected chi connectivity index (χ1v) is 11.5. The minimum Gasteiger partial charge on any atom is -0.381 e. The Balaban J connectivity index is 0.00000312. The molecule has 1 saturated heterocycles. The molecule has 1 aliphatic heterocycles. The first kappa shape index (κ1) is 23.3. The van der Waals surface area contributed by atoms with Gasteiger partial charge in [0.1, 0.15) is 0 Å². The molecular formula is C15H31IN4O3S2. The summed E-state index contributed by atoms with van der Waals surface area (Å²) >= 11 is 1.81. The van der Waals surface area contributed by atoms with Gasteiger partial charge in [0.25, 0.3) is 0 Å². The molecule has 0 amide bonds. The van der Waals surface area contributed by atoms with E-state index in [1.165, 1.54) is 12.8 Å². The van der Waals surface area contributed by atoms with Gasteiger partial charge >= 0.3 is 0 Å². The van der Waals surface area contributed by atoms with Gasteiger partial charge in [-0.3, -0.25) is 4.99 Å². The Morgan fingerprint density at radius 1 is 1.24 bits per heavy atom. The molecule has 0 bridgehead atoms. The van der Waals surface area contributed by atoms with Crippen LogP contribution in [0.15, 0.2) is 4.99 Å². The van der Waals surface area contributed by atoms with Crippen LogP contribution in [0.4, 0.5) is 0 Å². The Hall–Kier alpha value is 0.220. The van der Waals surface area contributed by atoms with Gasteiger partial charge in [0.05, 0.1) is 5.75 Å². The maximum atomic E-state index is 12.2. The predicted molar refractivity (Wildman–Crippen MR) is 116 cm³/mol. The minimum absolute atomic E-state index is 0. The number of guanidine groups is 1. The smallest absolute Gasteiger partial charge is 0.215 e. The zero-order valence-corrected chi connectivity index (χ0v) is 18.9. The summed E-state index contributed by atoms with van der Waals surface area (Å²) in [5, 5.41) is 6.26. The average molecular weight is 506 g/mol. The van der Waals surface area contributed by atoms with Crippen LogP contribution in [0.1, 0.15) is 19.3 Å². The summed E-state index contributed by atoms with van der Waals surface area (Å²) < 4.78 is 31.7. The second-order valence-electron chi connectivity index (χ2n) is 6.13. The molecule has 2 fully saturated rings. The maximum Gasteiger partial charge on any atom is 0.215 e. The summed E-state index contributed by atoms with van der Waals surface area (Å²) in [6.45, 7) is 4.02. The summed E-state index contributed by atoms with van der Waals surface area (Å²) in [5.41, 5.74) is 0. The van der Waals surface area contributed by atoms with E-state index in [2.05, 4.69) is 15.6 Å². The van der Waals surface area contributed by atoms with E-state index in [4.69, 9.17) is 4.74 Å². The number of hydrogen-bond donors (Lipinski definition) is 2. The van der Waals surface area contributed by atoms with E-state index in [9.17, 15) is 8.42 Å². The first-order chi connectivity index (χ1) is 11.6. The number of nitrogens with one attached hydrogen (secondary N) is 2. The number of aliphatic imine (C=N–C) groups is 1. The lowest BCUT2D eigenvalue weighted by atomic mass is 10.4. The zero-order chi connectivity index (χ0) is 17.3. The maximum absolute atomic E-state index is 12.2. The lowest BCUT2D eigenvalue weighted by Crippen LogP contribution is -2.44. The molecular weight excluding hydrogens is 475 g/mol. The van der Waals surface area contributed by atoms with Crippen LogP contribution in [0.2, 0.25) is 0 Å². The fraction of sp³-hybridized carbons (Fsp3) is 0.933. The van der Waals surface area contributed by atoms with Gasteiger partial charge in [-0.1, -0.05) is 0 Å². The third kappa shape index (κ3) is 9.64. The van der Waals surface area contributed by atoms with Crippen LogP contribution in [0, 0.1) is 5.92 Å². The topological polar surface area (TPSA) is 83.0 Å². The van der Waals surface area contributed by atoms with Crippen LogP contribution in [0.3, 0.4) is 0 Å². The molecule has 1 aliphatic carbocycles. The molecule has 7 nitrogen and oxygen atoms in total. The average Bonchev–Trinajstić information content (AvgIpc) is 3.41. The number of rotatable bonds is 10. The zero-order valence-electron chi connectivity index (χ0n) is 14.9. The molecule has 2 rings (SSSR count). The molecule has 1 saturated carbocycles. The van der Waals surface area contributed by atoms with Crippen molar-refractivity contribution in [3.8, 4) is 0 Å². The highest BCUT2D eigenvalue weighted by molar-refractivity contribution is 14.0. The van der Waals surface area contributed by atoms with Crippen LogP contribution in [-0.4, -0.2) is 82.4 Å². The van der Waals surface area contributed by atoms with Crippen molar-refractivity contribution in [2.75, 3.05) is 63.7 Å². The van der Waals surface area contributed by atoms with Gasteiger partial charge in [-0.15, -0.1) is 24.0 Å². The molecule has 0 radical (unpaired) electrons. The molecule has 0 aromatic carbocycles. The van der Waals surface area contributed by atoms with Gasteiger partial charge < -0.3 is 15.4 Å². The molecule has 10 heteroatoms. The largest absolute Gasteiger partial charge is 0.381 e. The Kier molecular flexibility index (Phi) is 11.7. The van der Waals surface area contributed by atoms with Crippen molar-refractivity contribution in [2.24, 2.45) is 10.9 Å². The van der Waals surface area contributed by atoms with E-state index >= 15 is 0 Å². The molecule has 0 atom stereocenters. The van der Waals surface area contributed by atoms with Crippen molar-refractivity contribution in [1.82, 2.24) is 14.9 Å². The van der Waals surface area contributed by atoms with Crippen molar-refractivity contribution in [2.45, 2.75) is 19.3 Å². The minimum atomic E-state index is -3.17. The van der Waals surface area contributed by atoms with Crippen LogP contribution in [0.5, 0.6) is 0 Å². The fourth-order valence-electron chi connectivity index (χ4n) is 2.39. The molecule has 2 N–H and O–H groups in total. The summed E-state index contributed by atoms with van der Waals surface area (Å²) in [4.78, 5) is 4.12. The van der Waals surface area contributed by atoms with Gasteiger partial charge in [0, 0.05) is 57.9 Å². The third-order valence-electron chi connectivity index (χ3n) is 4.05. The van der Waals surface area contributed by atoms with Crippen LogP contribution >= 0.6 is 35.7 Å². The van der Waals surface area contributed by atoms with E-state index < -0.39 is 10.0 Å². The molecule has 0 aromatic rings. The van der Waals surface area contributed by atoms with Gasteiger partial charge in [-0.25, -0.2) is 12.7 Å². The van der Waals surface area contributed by atoms with Crippen molar-refractivity contribution in [1.29, 1.82) is 0 Å². The van der Waals surface area contributed by atoms with E-state index in [0.717, 1.165) is 43.6 Å². The third-order valence-corrected chi connectivity index (χ3v) is 6.86. The predicted octanol–water partition coefficient (Wildman–Crippen LogP) is 0.965. The van der Waals surface area contributed by atoms with Gasteiger partial charge in [0.2, 0.25) is 10.0 Å². The highest BCUT2D eigenvalue weighted by atomic mass is 127.